The molecule has 3 aromatic rings. The number of halogens is 1. The molecule has 2 aromatic heterocycles. The Morgan fingerprint density at radius 2 is 2.04 bits per heavy atom. The predicted octanol–water partition coefficient (Wildman–Crippen LogP) is 4.79. The Hall–Kier alpha value is -2.45. The van der Waals surface area contributed by atoms with Gasteiger partial charge in [0.2, 0.25) is 0 Å². The predicted molar refractivity (Wildman–Crippen MR) is 118 cm³/mol. The number of rotatable bonds is 4. The fraction of sp³-hybridized carbons (Fsp3) is 0.250. The SMILES string of the molecule is Nc1sc(-c2cccc(Br)c2)nc1C(=O)Nc1cnccc1N1CCCCC1. The fourth-order valence-electron chi connectivity index (χ4n) is 3.32. The van der Waals surface area contributed by atoms with Crippen LogP contribution in [0.2, 0.25) is 0 Å². The number of nitrogen functional groups attached to an aromatic ring is 1. The van der Waals surface area contributed by atoms with E-state index in [-0.39, 0.29) is 11.6 Å². The van der Waals surface area contributed by atoms with E-state index in [4.69, 9.17) is 5.73 Å². The number of nitrogens with zero attached hydrogens (tertiary/aromatic N) is 3. The number of carbonyl (C=O) groups is 1. The highest BCUT2D eigenvalue weighted by Crippen LogP contribution is 2.33. The highest BCUT2D eigenvalue weighted by molar-refractivity contribution is 9.10. The van der Waals surface area contributed by atoms with Crippen molar-refractivity contribution in [1.29, 1.82) is 0 Å². The molecule has 0 radical (unpaired) electrons. The van der Waals surface area contributed by atoms with Crippen LogP contribution in [0.5, 0.6) is 0 Å². The van der Waals surface area contributed by atoms with E-state index in [0.717, 1.165) is 41.7 Å². The van der Waals surface area contributed by atoms with Crippen LogP contribution in [0.25, 0.3) is 10.6 Å². The maximum Gasteiger partial charge on any atom is 0.277 e. The Bertz CT molecular complexity index is 1000. The second-order valence-electron chi connectivity index (χ2n) is 6.64. The number of carbonyl (C=O) groups excluding carboxylic acids is 1. The van der Waals surface area contributed by atoms with Crippen LogP contribution in [0.15, 0.2) is 47.2 Å². The van der Waals surface area contributed by atoms with Gasteiger partial charge in [0.1, 0.15) is 10.0 Å². The van der Waals surface area contributed by atoms with E-state index in [1.807, 2.05) is 30.3 Å². The summed E-state index contributed by atoms with van der Waals surface area (Å²) in [5, 5.41) is 4.07. The van der Waals surface area contributed by atoms with Crippen LogP contribution in [0.3, 0.4) is 0 Å². The molecule has 0 bridgehead atoms. The molecule has 0 spiro atoms. The summed E-state index contributed by atoms with van der Waals surface area (Å²) in [4.78, 5) is 23.8. The normalized spacial score (nSPS) is 14.1. The number of pyridine rings is 1. The Labute approximate surface area is 175 Å². The molecule has 3 heterocycles. The first-order chi connectivity index (χ1) is 13.6. The zero-order valence-electron chi connectivity index (χ0n) is 15.2. The van der Waals surface area contributed by atoms with Gasteiger partial charge >= 0.3 is 0 Å². The first-order valence-corrected chi connectivity index (χ1v) is 10.8. The van der Waals surface area contributed by atoms with Crippen molar-refractivity contribution >= 4 is 49.5 Å². The molecule has 0 unspecified atom stereocenters. The van der Waals surface area contributed by atoms with Crippen molar-refractivity contribution in [2.75, 3.05) is 29.0 Å². The van der Waals surface area contributed by atoms with Gasteiger partial charge in [-0.1, -0.05) is 39.4 Å². The summed E-state index contributed by atoms with van der Waals surface area (Å²) in [6.07, 6.45) is 6.99. The van der Waals surface area contributed by atoms with Crippen molar-refractivity contribution < 1.29 is 4.79 Å². The van der Waals surface area contributed by atoms with Crippen LogP contribution in [-0.4, -0.2) is 29.0 Å². The van der Waals surface area contributed by atoms with E-state index >= 15 is 0 Å². The number of anilines is 3. The summed E-state index contributed by atoms with van der Waals surface area (Å²) >= 11 is 4.76. The molecular formula is C20H20BrN5OS. The van der Waals surface area contributed by atoms with Crippen LogP contribution in [0.1, 0.15) is 29.8 Å². The van der Waals surface area contributed by atoms with Crippen molar-refractivity contribution in [2.24, 2.45) is 0 Å². The zero-order valence-corrected chi connectivity index (χ0v) is 17.6. The Balaban J connectivity index is 1.58. The molecule has 1 aromatic carbocycles. The number of piperidine rings is 1. The molecule has 1 aliphatic rings. The molecule has 1 fully saturated rings. The summed E-state index contributed by atoms with van der Waals surface area (Å²) in [7, 11) is 0. The standard InChI is InChI=1S/C20H20BrN5OS/c21-14-6-4-5-13(11-14)20-25-17(18(22)28-20)19(27)24-15-12-23-8-7-16(15)26-9-2-1-3-10-26/h4-8,11-12H,1-3,9-10,22H2,(H,24,27). The highest BCUT2D eigenvalue weighted by atomic mass is 79.9. The van der Waals surface area contributed by atoms with Gasteiger partial charge in [0.25, 0.3) is 5.91 Å². The number of nitrogens with two attached hydrogens (primary N) is 1. The van der Waals surface area contributed by atoms with Crippen LogP contribution in [-0.2, 0) is 0 Å². The van der Waals surface area contributed by atoms with Gasteiger partial charge in [0, 0.05) is 29.3 Å². The second-order valence-corrected chi connectivity index (χ2v) is 8.58. The molecule has 28 heavy (non-hydrogen) atoms. The third-order valence-corrected chi connectivity index (χ3v) is 6.11. The van der Waals surface area contributed by atoms with Gasteiger partial charge in [-0.15, -0.1) is 0 Å². The van der Waals surface area contributed by atoms with Gasteiger partial charge in [0.15, 0.2) is 5.69 Å². The molecule has 144 valence electrons. The smallest absolute Gasteiger partial charge is 0.277 e. The van der Waals surface area contributed by atoms with E-state index in [1.165, 1.54) is 17.8 Å². The van der Waals surface area contributed by atoms with Crippen LogP contribution < -0.4 is 16.0 Å². The maximum absolute atomic E-state index is 12.9. The minimum atomic E-state index is -0.318. The number of aromatic nitrogens is 2. The first kappa shape index (κ1) is 18.9. The molecule has 3 N–H and O–H groups in total. The number of amides is 1. The zero-order chi connectivity index (χ0) is 19.5. The van der Waals surface area contributed by atoms with Crippen molar-refractivity contribution in [3.8, 4) is 10.6 Å². The quantitative estimate of drug-likeness (QED) is 0.587. The van der Waals surface area contributed by atoms with E-state index in [9.17, 15) is 4.79 Å². The number of hydrogen-bond acceptors (Lipinski definition) is 6. The summed E-state index contributed by atoms with van der Waals surface area (Å²) in [5.74, 6) is -0.318. The van der Waals surface area contributed by atoms with E-state index < -0.39 is 0 Å². The lowest BCUT2D eigenvalue weighted by Crippen LogP contribution is -2.30. The molecule has 8 heteroatoms. The Morgan fingerprint density at radius 3 is 2.82 bits per heavy atom. The van der Waals surface area contributed by atoms with Crippen LogP contribution in [0.4, 0.5) is 16.4 Å². The lowest BCUT2D eigenvalue weighted by molar-refractivity contribution is 0.102. The molecule has 1 aliphatic heterocycles. The Morgan fingerprint density at radius 1 is 1.21 bits per heavy atom. The van der Waals surface area contributed by atoms with Crippen molar-refractivity contribution in [1.82, 2.24) is 9.97 Å². The minimum Gasteiger partial charge on any atom is -0.389 e. The summed E-state index contributed by atoms with van der Waals surface area (Å²) in [6.45, 7) is 1.97. The number of benzene rings is 1. The lowest BCUT2D eigenvalue weighted by Gasteiger charge is -2.30. The lowest BCUT2D eigenvalue weighted by atomic mass is 10.1. The third-order valence-electron chi connectivity index (χ3n) is 4.68. The third kappa shape index (κ3) is 4.02. The summed E-state index contributed by atoms with van der Waals surface area (Å²) < 4.78 is 0.950. The van der Waals surface area contributed by atoms with Gasteiger partial charge < -0.3 is 16.0 Å². The number of hydrogen-bond donors (Lipinski definition) is 2. The van der Waals surface area contributed by atoms with Gasteiger partial charge in [-0.3, -0.25) is 9.78 Å². The van der Waals surface area contributed by atoms with Gasteiger partial charge in [-0.05, 0) is 37.5 Å². The van der Waals surface area contributed by atoms with Crippen LogP contribution in [0, 0.1) is 0 Å². The first-order valence-electron chi connectivity index (χ1n) is 9.14. The average Bonchev–Trinajstić information content (AvgIpc) is 3.11. The molecular weight excluding hydrogens is 438 g/mol. The average molecular weight is 458 g/mol. The monoisotopic (exact) mass is 457 g/mol. The van der Waals surface area contributed by atoms with Gasteiger partial charge in [0.05, 0.1) is 17.6 Å². The summed E-state index contributed by atoms with van der Waals surface area (Å²) in [5.41, 5.74) is 8.95. The highest BCUT2D eigenvalue weighted by Gasteiger charge is 2.20. The molecule has 1 saturated heterocycles. The topological polar surface area (TPSA) is 84.1 Å². The number of nitrogens with one attached hydrogen (secondary N) is 1. The molecule has 0 saturated carbocycles. The maximum atomic E-state index is 12.9. The molecule has 1 amide bonds. The largest absolute Gasteiger partial charge is 0.389 e. The molecule has 0 atom stereocenters. The van der Waals surface area contributed by atoms with Crippen LogP contribution >= 0.6 is 27.3 Å². The Kier molecular flexibility index (Phi) is 5.59. The molecule has 6 nitrogen and oxygen atoms in total. The fourth-order valence-corrected chi connectivity index (χ4v) is 4.54. The van der Waals surface area contributed by atoms with Gasteiger partial charge in [-0.25, -0.2) is 4.98 Å². The van der Waals surface area contributed by atoms with Crippen molar-refractivity contribution in [3.63, 3.8) is 0 Å². The van der Waals surface area contributed by atoms with E-state index in [2.05, 4.69) is 36.1 Å². The molecule has 4 rings (SSSR count). The van der Waals surface area contributed by atoms with Crippen molar-refractivity contribution in [2.45, 2.75) is 19.3 Å². The van der Waals surface area contributed by atoms with E-state index in [0.29, 0.717) is 15.7 Å². The van der Waals surface area contributed by atoms with Crippen molar-refractivity contribution in [3.05, 3.63) is 52.9 Å². The minimum absolute atomic E-state index is 0.244. The van der Waals surface area contributed by atoms with Gasteiger partial charge in [-0.2, -0.15) is 0 Å². The molecule has 0 aliphatic carbocycles. The second kappa shape index (κ2) is 8.28. The number of thiazole rings is 1. The van der Waals surface area contributed by atoms with E-state index in [1.54, 1.807) is 12.4 Å². The summed E-state index contributed by atoms with van der Waals surface area (Å²) in [6, 6.07) is 9.71.